The summed E-state index contributed by atoms with van der Waals surface area (Å²) in [6.07, 6.45) is 0. The first-order chi connectivity index (χ1) is 11.6. The quantitative estimate of drug-likeness (QED) is 0.805. The van der Waals surface area contributed by atoms with Crippen LogP contribution < -0.4 is 14.5 Å². The summed E-state index contributed by atoms with van der Waals surface area (Å²) in [5.41, 5.74) is 0.496. The first kappa shape index (κ1) is 19.4. The molecule has 0 aliphatic heterocycles. The molecule has 1 heterocycles. The molecule has 0 atom stereocenters. The number of rotatable bonds is 6. The fourth-order valence-electron chi connectivity index (χ4n) is 1.99. The molecule has 25 heavy (non-hydrogen) atoms. The molecular formula is C15H21ClN6O2S. The second-order valence-electron chi connectivity index (χ2n) is 5.83. The largest absolute Gasteiger partial charge is 0.347 e. The van der Waals surface area contributed by atoms with Crippen LogP contribution in [0, 0.1) is 6.92 Å². The molecule has 0 radical (unpaired) electrons. The summed E-state index contributed by atoms with van der Waals surface area (Å²) in [6.45, 7) is 1.60. The third-order valence-corrected chi connectivity index (χ3v) is 5.34. The molecule has 0 saturated carbocycles. The Hall–Kier alpha value is -1.97. The van der Waals surface area contributed by atoms with Crippen LogP contribution in [0.15, 0.2) is 23.1 Å². The van der Waals surface area contributed by atoms with Crippen molar-refractivity contribution in [2.75, 3.05) is 38.0 Å². The monoisotopic (exact) mass is 384 g/mol. The second-order valence-corrected chi connectivity index (χ2v) is 7.97. The van der Waals surface area contributed by atoms with Gasteiger partial charge in [0.15, 0.2) is 5.82 Å². The molecule has 0 unspecified atom stereocenters. The highest BCUT2D eigenvalue weighted by molar-refractivity contribution is 7.89. The van der Waals surface area contributed by atoms with Gasteiger partial charge in [0.1, 0.15) is 0 Å². The number of nitrogens with zero attached hydrogens (tertiary/aromatic N) is 5. The first-order valence-corrected chi connectivity index (χ1v) is 9.32. The maximum Gasteiger partial charge on any atom is 0.241 e. The van der Waals surface area contributed by atoms with E-state index < -0.39 is 10.0 Å². The van der Waals surface area contributed by atoms with Gasteiger partial charge in [-0.05, 0) is 24.6 Å². The van der Waals surface area contributed by atoms with Crippen LogP contribution >= 0.6 is 11.6 Å². The number of sulfonamides is 1. The summed E-state index contributed by atoms with van der Waals surface area (Å²) < 4.78 is 27.6. The van der Waals surface area contributed by atoms with E-state index in [0.717, 1.165) is 0 Å². The lowest BCUT2D eigenvalue weighted by molar-refractivity contribution is 0.578. The van der Waals surface area contributed by atoms with Crippen LogP contribution in [-0.2, 0) is 16.6 Å². The van der Waals surface area contributed by atoms with E-state index in [2.05, 4.69) is 19.7 Å². The summed E-state index contributed by atoms with van der Waals surface area (Å²) in [4.78, 5) is 16.4. The molecule has 0 fully saturated rings. The maximum absolute atomic E-state index is 12.6. The number of hydrogen-bond donors (Lipinski definition) is 1. The van der Waals surface area contributed by atoms with Crippen LogP contribution in [0.1, 0.15) is 11.4 Å². The molecular weight excluding hydrogens is 364 g/mol. The topological polar surface area (TPSA) is 91.3 Å². The predicted octanol–water partition coefficient (Wildman–Crippen LogP) is 1.44. The summed E-state index contributed by atoms with van der Waals surface area (Å²) >= 11 is 6.01. The lowest BCUT2D eigenvalue weighted by atomic mass is 10.2. The Bertz CT molecular complexity index is 844. The minimum absolute atomic E-state index is 0.0571. The maximum atomic E-state index is 12.6. The van der Waals surface area contributed by atoms with Crippen molar-refractivity contribution >= 4 is 33.5 Å². The van der Waals surface area contributed by atoms with E-state index in [9.17, 15) is 8.42 Å². The molecule has 1 N–H and O–H groups in total. The fourth-order valence-corrected chi connectivity index (χ4v) is 3.47. The van der Waals surface area contributed by atoms with Crippen molar-refractivity contribution in [1.29, 1.82) is 0 Å². The molecule has 2 rings (SSSR count). The Morgan fingerprint density at radius 1 is 1.04 bits per heavy atom. The fraction of sp³-hybridized carbons (Fsp3) is 0.400. The number of halogens is 1. The van der Waals surface area contributed by atoms with Gasteiger partial charge in [-0.2, -0.15) is 15.0 Å². The zero-order valence-electron chi connectivity index (χ0n) is 14.8. The number of aromatic nitrogens is 3. The first-order valence-electron chi connectivity index (χ1n) is 7.46. The van der Waals surface area contributed by atoms with Crippen LogP contribution in [0.5, 0.6) is 0 Å². The average Bonchev–Trinajstić information content (AvgIpc) is 2.55. The van der Waals surface area contributed by atoms with Crippen LogP contribution in [0.2, 0.25) is 5.02 Å². The van der Waals surface area contributed by atoms with E-state index in [-0.39, 0.29) is 11.4 Å². The van der Waals surface area contributed by atoms with E-state index in [1.807, 2.05) is 0 Å². The molecule has 0 saturated heterocycles. The summed E-state index contributed by atoms with van der Waals surface area (Å²) in [7, 11) is 3.47. The molecule has 2 aromatic rings. The highest BCUT2D eigenvalue weighted by Crippen LogP contribution is 2.22. The van der Waals surface area contributed by atoms with Crippen LogP contribution in [0.3, 0.4) is 0 Å². The standard InChI is InChI=1S/C15H21ClN6O2S/c1-10-11(16)7-6-8-12(10)25(23,24)17-9-13-18-14(21(2)3)20-15(19-13)22(4)5/h6-8,17H,9H2,1-5H3. The molecule has 0 aliphatic carbocycles. The molecule has 136 valence electrons. The van der Waals surface area contributed by atoms with E-state index in [1.54, 1.807) is 57.0 Å². The van der Waals surface area contributed by atoms with E-state index in [1.165, 1.54) is 6.07 Å². The van der Waals surface area contributed by atoms with E-state index in [4.69, 9.17) is 11.6 Å². The molecule has 0 amide bonds. The third-order valence-electron chi connectivity index (χ3n) is 3.39. The lowest BCUT2D eigenvalue weighted by Crippen LogP contribution is -2.27. The molecule has 0 bridgehead atoms. The predicted molar refractivity (Wildman–Crippen MR) is 98.7 cm³/mol. The normalized spacial score (nSPS) is 11.4. The Kier molecular flexibility index (Phi) is 5.81. The van der Waals surface area contributed by atoms with Crippen molar-refractivity contribution in [3.8, 4) is 0 Å². The van der Waals surface area contributed by atoms with Gasteiger partial charge in [0.25, 0.3) is 0 Å². The number of anilines is 2. The number of hydrogen-bond acceptors (Lipinski definition) is 7. The minimum Gasteiger partial charge on any atom is -0.347 e. The Labute approximate surface area is 152 Å². The molecule has 1 aromatic carbocycles. The van der Waals surface area contributed by atoms with E-state index >= 15 is 0 Å². The summed E-state index contributed by atoms with van der Waals surface area (Å²) in [5, 5.41) is 0.396. The number of nitrogens with one attached hydrogen (secondary N) is 1. The van der Waals surface area contributed by atoms with Gasteiger partial charge in [-0.1, -0.05) is 17.7 Å². The van der Waals surface area contributed by atoms with Crippen LogP contribution in [0.25, 0.3) is 0 Å². The van der Waals surface area contributed by atoms with Gasteiger partial charge >= 0.3 is 0 Å². The summed E-state index contributed by atoms with van der Waals surface area (Å²) in [6, 6.07) is 4.75. The zero-order chi connectivity index (χ0) is 18.8. The average molecular weight is 385 g/mol. The molecule has 1 aromatic heterocycles. The SMILES string of the molecule is Cc1c(Cl)cccc1S(=O)(=O)NCc1nc(N(C)C)nc(N(C)C)n1. The Morgan fingerprint density at radius 2 is 1.60 bits per heavy atom. The smallest absolute Gasteiger partial charge is 0.241 e. The van der Waals surface area contributed by atoms with Gasteiger partial charge in [0.2, 0.25) is 21.9 Å². The minimum atomic E-state index is -3.74. The van der Waals surface area contributed by atoms with Crippen molar-refractivity contribution in [2.24, 2.45) is 0 Å². The molecule has 8 nitrogen and oxygen atoms in total. The van der Waals surface area contributed by atoms with Gasteiger partial charge in [-0.3, -0.25) is 0 Å². The highest BCUT2D eigenvalue weighted by atomic mass is 35.5. The third kappa shape index (κ3) is 4.56. The van der Waals surface area contributed by atoms with Crippen molar-refractivity contribution in [3.63, 3.8) is 0 Å². The molecule has 0 aliphatic rings. The van der Waals surface area contributed by atoms with Crippen LogP contribution in [0.4, 0.5) is 11.9 Å². The lowest BCUT2D eigenvalue weighted by Gasteiger charge is -2.16. The molecule has 10 heteroatoms. The van der Waals surface area contributed by atoms with Crippen molar-refractivity contribution in [1.82, 2.24) is 19.7 Å². The Morgan fingerprint density at radius 3 is 2.12 bits per heavy atom. The van der Waals surface area contributed by atoms with Crippen molar-refractivity contribution < 1.29 is 8.42 Å². The van der Waals surface area contributed by atoms with E-state index in [0.29, 0.717) is 28.3 Å². The van der Waals surface area contributed by atoms with Gasteiger partial charge in [-0.25, -0.2) is 13.1 Å². The van der Waals surface area contributed by atoms with Gasteiger partial charge in [-0.15, -0.1) is 0 Å². The van der Waals surface area contributed by atoms with Gasteiger partial charge in [0.05, 0.1) is 11.4 Å². The van der Waals surface area contributed by atoms with Crippen molar-refractivity contribution in [3.05, 3.63) is 34.6 Å². The van der Waals surface area contributed by atoms with Crippen molar-refractivity contribution in [2.45, 2.75) is 18.4 Å². The number of benzene rings is 1. The highest BCUT2D eigenvalue weighted by Gasteiger charge is 2.19. The van der Waals surface area contributed by atoms with Crippen LogP contribution in [-0.4, -0.2) is 51.6 Å². The van der Waals surface area contributed by atoms with Gasteiger partial charge < -0.3 is 9.80 Å². The molecule has 0 spiro atoms. The second kappa shape index (κ2) is 7.51. The van der Waals surface area contributed by atoms with Gasteiger partial charge in [0, 0.05) is 33.2 Å². The Balaban J connectivity index is 2.30. The summed E-state index contributed by atoms with van der Waals surface area (Å²) in [5.74, 6) is 1.23. The zero-order valence-corrected chi connectivity index (χ0v) is 16.4.